The smallest absolute Gasteiger partial charge is 0.234 e. The molecule has 0 aliphatic carbocycles. The van der Waals surface area contributed by atoms with E-state index in [4.69, 9.17) is 4.74 Å². The van der Waals surface area contributed by atoms with Crippen LogP contribution < -0.4 is 15.4 Å². The van der Waals surface area contributed by atoms with Crippen molar-refractivity contribution in [3.8, 4) is 5.75 Å². The summed E-state index contributed by atoms with van der Waals surface area (Å²) in [6.07, 6.45) is 0.920. The molecule has 1 amide bonds. The Kier molecular flexibility index (Phi) is 9.56. The number of hydrogen-bond donors (Lipinski definition) is 2. The maximum absolute atomic E-state index is 13.6. The average molecular weight is 436 g/mol. The van der Waals surface area contributed by atoms with E-state index >= 15 is 0 Å². The first-order valence-corrected chi connectivity index (χ1v) is 10.2. The quantitative estimate of drug-likeness (QED) is 0.667. The molecule has 1 fully saturated rings. The van der Waals surface area contributed by atoms with Gasteiger partial charge in [0.05, 0.1) is 12.6 Å². The first kappa shape index (κ1) is 24.1. The Morgan fingerprint density at radius 1 is 1.27 bits per heavy atom. The molecule has 1 aliphatic rings. The molecule has 3 rings (SSSR count). The predicted molar refractivity (Wildman–Crippen MR) is 120 cm³/mol. The van der Waals surface area contributed by atoms with Gasteiger partial charge >= 0.3 is 0 Å². The highest BCUT2D eigenvalue weighted by Gasteiger charge is 2.25. The van der Waals surface area contributed by atoms with Crippen LogP contribution in [-0.4, -0.2) is 49.6 Å². The summed E-state index contributed by atoms with van der Waals surface area (Å²) in [6, 6.07) is 14.6. The molecule has 1 saturated heterocycles. The molecule has 1 atom stereocenters. The Bertz CT molecular complexity index is 801. The maximum Gasteiger partial charge on any atom is 0.234 e. The van der Waals surface area contributed by atoms with Gasteiger partial charge in [-0.25, -0.2) is 4.39 Å². The van der Waals surface area contributed by atoms with Gasteiger partial charge in [-0.2, -0.15) is 0 Å². The second-order valence-electron chi connectivity index (χ2n) is 7.66. The van der Waals surface area contributed by atoms with E-state index in [1.54, 1.807) is 12.1 Å². The number of amides is 1. The summed E-state index contributed by atoms with van der Waals surface area (Å²) in [7, 11) is 0. The Morgan fingerprint density at radius 3 is 2.73 bits per heavy atom. The lowest BCUT2D eigenvalue weighted by Crippen LogP contribution is -2.49. The second kappa shape index (κ2) is 11.9. The van der Waals surface area contributed by atoms with Crippen molar-refractivity contribution in [3.63, 3.8) is 0 Å². The van der Waals surface area contributed by atoms with Gasteiger partial charge in [0.25, 0.3) is 0 Å². The summed E-state index contributed by atoms with van der Waals surface area (Å²) >= 11 is 0. The zero-order valence-electron chi connectivity index (χ0n) is 17.6. The Hall–Kier alpha value is -2.15. The molecule has 0 radical (unpaired) electrons. The van der Waals surface area contributed by atoms with E-state index in [-0.39, 0.29) is 36.3 Å². The fourth-order valence-corrected chi connectivity index (χ4v) is 3.57. The van der Waals surface area contributed by atoms with Crippen molar-refractivity contribution in [2.24, 2.45) is 0 Å². The van der Waals surface area contributed by atoms with Crippen molar-refractivity contribution in [2.75, 3.05) is 32.7 Å². The van der Waals surface area contributed by atoms with Crippen LogP contribution in [0.5, 0.6) is 5.75 Å². The molecule has 30 heavy (non-hydrogen) atoms. The number of benzene rings is 2. The molecular weight excluding hydrogens is 405 g/mol. The van der Waals surface area contributed by atoms with Gasteiger partial charge in [-0.15, -0.1) is 12.4 Å². The molecule has 1 aliphatic heterocycles. The van der Waals surface area contributed by atoms with Crippen molar-refractivity contribution in [3.05, 3.63) is 65.5 Å². The van der Waals surface area contributed by atoms with Crippen LogP contribution in [0.3, 0.4) is 0 Å². The van der Waals surface area contributed by atoms with Crippen molar-refractivity contribution >= 4 is 18.3 Å². The van der Waals surface area contributed by atoms with Crippen molar-refractivity contribution < 1.29 is 13.9 Å². The summed E-state index contributed by atoms with van der Waals surface area (Å²) in [6.45, 7) is 7.18. The molecule has 2 aromatic carbocycles. The zero-order valence-corrected chi connectivity index (χ0v) is 18.4. The standard InChI is InChI=1S/C23H30FN3O2.ClH/c1-17(2)29-21-8-6-18(7-9-21)10-11-26-23(28)16-27-13-12-25-15-22(27)19-4-3-5-20(24)14-19;/h3-9,14,17,22,25H,10-13,15-16H2,1-2H3,(H,26,28);1H. The van der Waals surface area contributed by atoms with Crippen LogP contribution >= 0.6 is 12.4 Å². The summed E-state index contributed by atoms with van der Waals surface area (Å²) in [5, 5.41) is 6.33. The Labute approximate surface area is 184 Å². The fourth-order valence-electron chi connectivity index (χ4n) is 3.57. The highest BCUT2D eigenvalue weighted by atomic mass is 35.5. The van der Waals surface area contributed by atoms with Gasteiger partial charge in [-0.05, 0) is 55.7 Å². The van der Waals surface area contributed by atoms with Gasteiger partial charge in [-0.3, -0.25) is 9.69 Å². The van der Waals surface area contributed by atoms with Crippen LogP contribution in [0.25, 0.3) is 0 Å². The van der Waals surface area contributed by atoms with Crippen LogP contribution in [0.15, 0.2) is 48.5 Å². The topological polar surface area (TPSA) is 53.6 Å². The highest BCUT2D eigenvalue weighted by molar-refractivity contribution is 5.85. The molecule has 2 aromatic rings. The minimum Gasteiger partial charge on any atom is -0.491 e. The van der Waals surface area contributed by atoms with E-state index in [0.29, 0.717) is 19.6 Å². The van der Waals surface area contributed by atoms with E-state index in [9.17, 15) is 9.18 Å². The molecule has 5 nitrogen and oxygen atoms in total. The number of ether oxygens (including phenoxy) is 1. The third kappa shape index (κ3) is 7.27. The number of piperazine rings is 1. The van der Waals surface area contributed by atoms with Gasteiger partial charge in [0, 0.05) is 32.2 Å². The molecule has 0 saturated carbocycles. The molecule has 0 spiro atoms. The Morgan fingerprint density at radius 2 is 2.03 bits per heavy atom. The lowest BCUT2D eigenvalue weighted by atomic mass is 10.0. The molecule has 0 bridgehead atoms. The number of nitrogens with zero attached hydrogens (tertiary/aromatic N) is 1. The molecule has 0 aromatic heterocycles. The van der Waals surface area contributed by atoms with E-state index in [2.05, 4.69) is 15.5 Å². The largest absolute Gasteiger partial charge is 0.491 e. The predicted octanol–water partition coefficient (Wildman–Crippen LogP) is 3.34. The van der Waals surface area contributed by atoms with Crippen molar-refractivity contribution in [1.82, 2.24) is 15.5 Å². The average Bonchev–Trinajstić information content (AvgIpc) is 2.69. The fraction of sp³-hybridized carbons (Fsp3) is 0.435. The van der Waals surface area contributed by atoms with Crippen LogP contribution in [0.2, 0.25) is 0 Å². The highest BCUT2D eigenvalue weighted by Crippen LogP contribution is 2.22. The molecule has 7 heteroatoms. The van der Waals surface area contributed by atoms with E-state index in [1.807, 2.05) is 44.2 Å². The van der Waals surface area contributed by atoms with Crippen molar-refractivity contribution in [1.29, 1.82) is 0 Å². The number of carbonyl (C=O) groups is 1. The van der Waals surface area contributed by atoms with Gasteiger partial charge < -0.3 is 15.4 Å². The summed E-state index contributed by atoms with van der Waals surface area (Å²) < 4.78 is 19.2. The van der Waals surface area contributed by atoms with Gasteiger partial charge in [0.1, 0.15) is 11.6 Å². The van der Waals surface area contributed by atoms with E-state index < -0.39 is 0 Å². The second-order valence-corrected chi connectivity index (χ2v) is 7.66. The van der Waals surface area contributed by atoms with Gasteiger partial charge in [-0.1, -0.05) is 24.3 Å². The van der Waals surface area contributed by atoms with Crippen LogP contribution in [0, 0.1) is 5.82 Å². The number of halogens is 2. The van der Waals surface area contributed by atoms with E-state index in [0.717, 1.165) is 36.4 Å². The minimum absolute atomic E-state index is 0. The molecule has 1 heterocycles. The zero-order chi connectivity index (χ0) is 20.6. The van der Waals surface area contributed by atoms with E-state index in [1.165, 1.54) is 6.07 Å². The summed E-state index contributed by atoms with van der Waals surface area (Å²) in [4.78, 5) is 14.6. The van der Waals surface area contributed by atoms with Crippen LogP contribution in [-0.2, 0) is 11.2 Å². The van der Waals surface area contributed by atoms with Gasteiger partial charge in [0.15, 0.2) is 0 Å². The van der Waals surface area contributed by atoms with Crippen LogP contribution in [0.1, 0.15) is 31.0 Å². The number of rotatable bonds is 8. The molecule has 1 unspecified atom stereocenters. The number of hydrogen-bond acceptors (Lipinski definition) is 4. The van der Waals surface area contributed by atoms with Gasteiger partial charge in [0.2, 0.25) is 5.91 Å². The molecular formula is C23H31ClFN3O2. The Balaban J connectivity index is 0.00000320. The first-order chi connectivity index (χ1) is 14.0. The SMILES string of the molecule is CC(C)Oc1ccc(CCNC(=O)CN2CCNCC2c2cccc(F)c2)cc1.Cl. The third-order valence-electron chi connectivity index (χ3n) is 4.97. The lowest BCUT2D eigenvalue weighted by Gasteiger charge is -2.36. The summed E-state index contributed by atoms with van der Waals surface area (Å²) in [5.41, 5.74) is 2.05. The first-order valence-electron chi connectivity index (χ1n) is 10.2. The van der Waals surface area contributed by atoms with Crippen LogP contribution in [0.4, 0.5) is 4.39 Å². The molecule has 2 N–H and O–H groups in total. The number of carbonyl (C=O) groups excluding carboxylic acids is 1. The third-order valence-corrected chi connectivity index (χ3v) is 4.97. The lowest BCUT2D eigenvalue weighted by molar-refractivity contribution is -0.123. The monoisotopic (exact) mass is 435 g/mol. The number of nitrogens with one attached hydrogen (secondary N) is 2. The summed E-state index contributed by atoms with van der Waals surface area (Å²) in [5.74, 6) is 0.602. The normalized spacial score (nSPS) is 16.7. The maximum atomic E-state index is 13.6. The minimum atomic E-state index is -0.248. The molecule has 164 valence electrons. The van der Waals surface area contributed by atoms with Crippen molar-refractivity contribution in [2.45, 2.75) is 32.4 Å².